The average Bonchev–Trinajstić information content (AvgIpc) is 2.98. The number of hydrogen-bond donors (Lipinski definition) is 1. The number of nitrogens with zero attached hydrogens (tertiary/aromatic N) is 1. The molecule has 22 heavy (non-hydrogen) atoms. The second-order valence-corrected chi connectivity index (χ2v) is 5.93. The molecule has 2 fully saturated rings. The quantitative estimate of drug-likeness (QED) is 0.921. The number of carbonyl (C=O) groups is 2. The van der Waals surface area contributed by atoms with Crippen LogP contribution >= 0.6 is 0 Å². The van der Waals surface area contributed by atoms with Crippen LogP contribution in [-0.2, 0) is 14.3 Å². The van der Waals surface area contributed by atoms with Crippen molar-refractivity contribution in [3.05, 3.63) is 24.2 Å². The van der Waals surface area contributed by atoms with Crippen LogP contribution in [-0.4, -0.2) is 42.5 Å². The third-order valence-electron chi connectivity index (χ3n) is 4.27. The van der Waals surface area contributed by atoms with Crippen molar-refractivity contribution in [3.63, 3.8) is 0 Å². The third-order valence-corrected chi connectivity index (χ3v) is 4.27. The van der Waals surface area contributed by atoms with Crippen LogP contribution in [0.5, 0.6) is 0 Å². The lowest BCUT2D eigenvalue weighted by Gasteiger charge is -2.33. The lowest BCUT2D eigenvalue weighted by molar-refractivity contribution is -0.140. The van der Waals surface area contributed by atoms with Crippen molar-refractivity contribution >= 4 is 11.8 Å². The lowest BCUT2D eigenvalue weighted by Crippen LogP contribution is -2.45. The van der Waals surface area contributed by atoms with Crippen molar-refractivity contribution in [2.45, 2.75) is 44.2 Å². The minimum Gasteiger partial charge on any atom is -0.467 e. The molecule has 0 aliphatic carbocycles. The van der Waals surface area contributed by atoms with Crippen LogP contribution in [0.1, 0.15) is 44.0 Å². The van der Waals surface area contributed by atoms with Gasteiger partial charge in [0.15, 0.2) is 0 Å². The lowest BCUT2D eigenvalue weighted by atomic mass is 10.1. The SMILES string of the molecule is O=C1CCCCC(CC(=O)N2CCOC(c3ccco3)C2)N1. The number of carbonyl (C=O) groups excluding carboxylic acids is 2. The van der Waals surface area contributed by atoms with Gasteiger partial charge in [-0.25, -0.2) is 0 Å². The number of amides is 2. The van der Waals surface area contributed by atoms with Gasteiger partial charge in [0.25, 0.3) is 0 Å². The van der Waals surface area contributed by atoms with Crippen LogP contribution in [0, 0.1) is 0 Å². The molecule has 1 N–H and O–H groups in total. The van der Waals surface area contributed by atoms with Crippen LogP contribution in [0.2, 0.25) is 0 Å². The summed E-state index contributed by atoms with van der Waals surface area (Å²) in [5.41, 5.74) is 0. The molecule has 3 heterocycles. The Morgan fingerprint density at radius 1 is 1.41 bits per heavy atom. The normalized spacial score (nSPS) is 26.4. The van der Waals surface area contributed by atoms with Crippen LogP contribution in [0.3, 0.4) is 0 Å². The Labute approximate surface area is 129 Å². The predicted molar refractivity (Wildman–Crippen MR) is 79.0 cm³/mol. The maximum absolute atomic E-state index is 12.5. The van der Waals surface area contributed by atoms with Gasteiger partial charge in [-0.05, 0) is 25.0 Å². The Kier molecular flexibility index (Phi) is 4.77. The van der Waals surface area contributed by atoms with Gasteiger partial charge in [0, 0.05) is 25.4 Å². The minimum atomic E-state index is -0.198. The Bertz CT molecular complexity index is 514. The van der Waals surface area contributed by atoms with Gasteiger partial charge >= 0.3 is 0 Å². The molecule has 0 spiro atoms. The summed E-state index contributed by atoms with van der Waals surface area (Å²) in [4.78, 5) is 25.9. The zero-order valence-corrected chi connectivity index (χ0v) is 12.6. The number of furan rings is 1. The highest BCUT2D eigenvalue weighted by atomic mass is 16.5. The van der Waals surface area contributed by atoms with Gasteiger partial charge in [0.2, 0.25) is 11.8 Å². The Hall–Kier alpha value is -1.82. The zero-order valence-electron chi connectivity index (χ0n) is 12.6. The summed E-state index contributed by atoms with van der Waals surface area (Å²) in [5.74, 6) is 0.887. The monoisotopic (exact) mass is 306 g/mol. The number of ether oxygens (including phenoxy) is 1. The van der Waals surface area contributed by atoms with E-state index >= 15 is 0 Å². The van der Waals surface area contributed by atoms with Crippen LogP contribution in [0.15, 0.2) is 22.8 Å². The first-order chi connectivity index (χ1) is 10.7. The molecule has 1 aromatic rings. The van der Waals surface area contributed by atoms with Gasteiger partial charge in [-0.15, -0.1) is 0 Å². The molecular formula is C16H22N2O4. The van der Waals surface area contributed by atoms with Gasteiger partial charge in [-0.1, -0.05) is 6.42 Å². The molecule has 3 rings (SSSR count). The molecule has 2 atom stereocenters. The van der Waals surface area contributed by atoms with E-state index in [0.29, 0.717) is 32.5 Å². The molecule has 0 radical (unpaired) electrons. The van der Waals surface area contributed by atoms with E-state index in [0.717, 1.165) is 25.0 Å². The van der Waals surface area contributed by atoms with E-state index in [1.165, 1.54) is 0 Å². The highest BCUT2D eigenvalue weighted by molar-refractivity contribution is 5.80. The summed E-state index contributed by atoms with van der Waals surface area (Å²) in [7, 11) is 0. The number of nitrogens with one attached hydrogen (secondary N) is 1. The zero-order chi connectivity index (χ0) is 15.4. The fraction of sp³-hybridized carbons (Fsp3) is 0.625. The van der Waals surface area contributed by atoms with Crippen molar-refractivity contribution < 1.29 is 18.7 Å². The van der Waals surface area contributed by atoms with Gasteiger partial charge in [-0.3, -0.25) is 9.59 Å². The van der Waals surface area contributed by atoms with E-state index in [9.17, 15) is 9.59 Å². The number of morpholine rings is 1. The number of hydrogen-bond acceptors (Lipinski definition) is 4. The maximum atomic E-state index is 12.5. The molecule has 0 bridgehead atoms. The molecular weight excluding hydrogens is 284 g/mol. The van der Waals surface area contributed by atoms with Gasteiger partial charge < -0.3 is 19.4 Å². The molecule has 120 valence electrons. The summed E-state index contributed by atoms with van der Waals surface area (Å²) >= 11 is 0. The van der Waals surface area contributed by atoms with Crippen molar-refractivity contribution in [3.8, 4) is 0 Å². The van der Waals surface area contributed by atoms with Crippen molar-refractivity contribution in [2.24, 2.45) is 0 Å². The predicted octanol–water partition coefficient (Wildman–Crippen LogP) is 1.63. The summed E-state index contributed by atoms with van der Waals surface area (Å²) in [6.07, 6.45) is 5.14. The Balaban J connectivity index is 1.56. The molecule has 2 aliphatic heterocycles. The molecule has 1 aromatic heterocycles. The van der Waals surface area contributed by atoms with E-state index in [4.69, 9.17) is 9.15 Å². The Morgan fingerprint density at radius 2 is 2.32 bits per heavy atom. The first-order valence-electron chi connectivity index (χ1n) is 7.94. The van der Waals surface area contributed by atoms with Crippen molar-refractivity contribution in [2.75, 3.05) is 19.7 Å². The minimum absolute atomic E-state index is 0.0348. The van der Waals surface area contributed by atoms with Crippen molar-refractivity contribution in [1.82, 2.24) is 10.2 Å². The molecule has 2 aliphatic rings. The molecule has 0 aromatic carbocycles. The summed E-state index contributed by atoms with van der Waals surface area (Å²) in [6, 6.07) is 3.65. The third kappa shape index (κ3) is 3.68. The second kappa shape index (κ2) is 6.96. The first-order valence-corrected chi connectivity index (χ1v) is 7.94. The Morgan fingerprint density at radius 3 is 3.14 bits per heavy atom. The molecule has 6 nitrogen and oxygen atoms in total. The summed E-state index contributed by atoms with van der Waals surface area (Å²) in [6.45, 7) is 1.61. The fourth-order valence-electron chi connectivity index (χ4n) is 3.06. The van der Waals surface area contributed by atoms with Gasteiger partial charge in [0.05, 0.1) is 19.4 Å². The number of rotatable bonds is 3. The topological polar surface area (TPSA) is 71.8 Å². The van der Waals surface area contributed by atoms with Crippen LogP contribution in [0.25, 0.3) is 0 Å². The van der Waals surface area contributed by atoms with Gasteiger partial charge in [0.1, 0.15) is 11.9 Å². The van der Waals surface area contributed by atoms with E-state index < -0.39 is 0 Å². The van der Waals surface area contributed by atoms with Gasteiger partial charge in [-0.2, -0.15) is 0 Å². The van der Waals surface area contributed by atoms with E-state index in [-0.39, 0.29) is 24.0 Å². The van der Waals surface area contributed by atoms with Crippen LogP contribution in [0.4, 0.5) is 0 Å². The smallest absolute Gasteiger partial charge is 0.224 e. The van der Waals surface area contributed by atoms with E-state index in [1.54, 1.807) is 6.26 Å². The highest BCUT2D eigenvalue weighted by Gasteiger charge is 2.29. The molecule has 2 unspecified atom stereocenters. The standard InChI is InChI=1S/C16H22N2O4/c19-15-6-2-1-4-12(17-15)10-16(20)18-7-9-22-14(11-18)13-5-3-8-21-13/h3,5,8,12,14H,1-2,4,6-7,9-11H2,(H,17,19). The highest BCUT2D eigenvalue weighted by Crippen LogP contribution is 2.23. The van der Waals surface area contributed by atoms with E-state index in [2.05, 4.69) is 5.32 Å². The summed E-state index contributed by atoms with van der Waals surface area (Å²) < 4.78 is 11.0. The fourth-order valence-corrected chi connectivity index (χ4v) is 3.06. The molecule has 2 saturated heterocycles. The maximum Gasteiger partial charge on any atom is 0.224 e. The van der Waals surface area contributed by atoms with E-state index in [1.807, 2.05) is 17.0 Å². The average molecular weight is 306 g/mol. The molecule has 6 heteroatoms. The molecule has 2 amide bonds. The second-order valence-electron chi connectivity index (χ2n) is 5.93. The first kappa shape index (κ1) is 15.1. The summed E-state index contributed by atoms with van der Waals surface area (Å²) in [5, 5.41) is 2.95. The largest absolute Gasteiger partial charge is 0.467 e. The van der Waals surface area contributed by atoms with Crippen LogP contribution < -0.4 is 5.32 Å². The van der Waals surface area contributed by atoms with Crippen molar-refractivity contribution in [1.29, 1.82) is 0 Å². The molecule has 0 saturated carbocycles.